The summed E-state index contributed by atoms with van der Waals surface area (Å²) in [5, 5.41) is 6.60. The number of carbonyl (C=O) groups is 5. The van der Waals surface area contributed by atoms with E-state index in [1.54, 1.807) is 43.3 Å². The lowest BCUT2D eigenvalue weighted by Gasteiger charge is -2.15. The monoisotopic (exact) mass is 2120 g/mol. The molecule has 4 aromatic heterocycles. The molecule has 5 N–H and O–H groups in total. The molecular formula is C80H49BrCl8F12N8O16S5. The van der Waals surface area contributed by atoms with Crippen LogP contribution in [0.4, 0.5) is 75.4 Å². The van der Waals surface area contributed by atoms with Gasteiger partial charge in [0.1, 0.15) is 22.8 Å². The number of carboxylic acids is 1. The number of carbonyl (C=O) groups excluding carboxylic acids is 4. The Hall–Kier alpha value is -10.6. The number of sulfone groups is 1. The SMILES string of the molecule is CS(=O)(=O)c1cccc(C(=O)c2ncc(Cl)cc2NS(=O)(=O)c2ccc(Cl)c(C(F)(F)F)c2)c1.Cc1cccc(C(=O)O)c1C(=O)c1ncc(Cl)cc1NS(=O)(=O)c1ccc(Cl)c(C(F)(F)F)c1.Cc1cccc(C(=O)c2ncc(Cl)cc2NS(=O)(=O)c2ccc(Cl)c(C(F)(F)F)c2)c1.O=C(c1ccccc1Br)c1ncc(Cl)cc1NS(=O)(=O)c1ccc(Cl)c(C(F)(F)F)c1. The molecule has 0 aliphatic carbocycles. The number of aryl methyl sites for hydroxylation is 2. The Balaban J connectivity index is 0.000000195. The van der Waals surface area contributed by atoms with Crippen LogP contribution in [0, 0.1) is 13.8 Å². The fourth-order valence-corrected chi connectivity index (χ4v) is 18.1. The van der Waals surface area contributed by atoms with Gasteiger partial charge in [-0.15, -0.1) is 0 Å². The summed E-state index contributed by atoms with van der Waals surface area (Å²) in [7, 11) is -22.1. The van der Waals surface area contributed by atoms with Gasteiger partial charge in [-0.05, 0) is 153 Å². The Kier molecular flexibility index (Phi) is 32.3. The topological polar surface area (TPSA) is 376 Å². The summed E-state index contributed by atoms with van der Waals surface area (Å²) in [5.41, 5.74) is -7.50. The number of sulfonamides is 4. The van der Waals surface area contributed by atoms with Crippen LogP contribution in [0.15, 0.2) is 242 Å². The zero-order chi connectivity index (χ0) is 96.8. The first-order valence-corrected chi connectivity index (χ1v) is 46.6. The highest BCUT2D eigenvalue weighted by Crippen LogP contribution is 2.42. The Morgan fingerprint density at radius 3 is 0.938 bits per heavy atom. The number of carboxylic acid groups (broad SMARTS) is 1. The molecule has 12 rings (SSSR count). The quantitative estimate of drug-likeness (QED) is 0.0311. The van der Waals surface area contributed by atoms with Crippen LogP contribution in [0.5, 0.6) is 0 Å². The third-order valence-electron chi connectivity index (χ3n) is 17.1. The lowest BCUT2D eigenvalue weighted by Crippen LogP contribution is -2.19. The standard InChI is InChI=1S/C21H13Cl2F3N2O5S.C20H13Cl2F3N2O5S2.C20H13Cl2F3N2O3S.C19H10BrCl2F3N2O3S/c1-10-3-2-4-13(20(30)31)17(10)19(29)18-16(7-11(22)9-27-18)28-34(32,33)12-5-6-15(23)14(8-12)21(24,25)26;1-33(29,30)13-4-2-3-11(7-13)19(28)18-17(8-12(21)10-26-18)27-34(31,32)14-5-6-16(22)15(9-14)20(23,24)25;1-11-3-2-4-12(7-11)19(28)18-17(8-13(21)10-26-18)27-31(29,30)14-5-6-16(22)15(9-14)20(23,24)25;20-14-4-2-1-3-12(14)18(28)17-16(7-10(21)9-26-17)27-31(29,30)11-5-6-15(22)13(8-11)19(23,24)25/h2-9,28H,1H3,(H,30,31);2-10,27H,1H3;2-10,27H,1H3;1-9,27H. The second-order valence-corrected chi connectivity index (χ2v) is 39.4. The molecule has 130 heavy (non-hydrogen) atoms. The minimum absolute atomic E-state index is 0.00784. The lowest BCUT2D eigenvalue weighted by atomic mass is 9.96. The van der Waals surface area contributed by atoms with E-state index in [1.165, 1.54) is 55.5 Å². The van der Waals surface area contributed by atoms with E-state index >= 15 is 0 Å². The van der Waals surface area contributed by atoms with Gasteiger partial charge in [0.2, 0.25) is 23.1 Å². The summed E-state index contributed by atoms with van der Waals surface area (Å²) in [4.78, 5) is 76.0. The van der Waals surface area contributed by atoms with Crippen LogP contribution in [-0.2, 0) is 74.6 Å². The van der Waals surface area contributed by atoms with Gasteiger partial charge in [0, 0.05) is 57.8 Å². The van der Waals surface area contributed by atoms with Crippen molar-refractivity contribution in [3.63, 3.8) is 0 Å². The summed E-state index contributed by atoms with van der Waals surface area (Å²) in [6, 6.07) is 34.6. The van der Waals surface area contributed by atoms with Gasteiger partial charge in [0.25, 0.3) is 40.1 Å². The Bertz CT molecular complexity index is 7180. The van der Waals surface area contributed by atoms with E-state index in [-0.39, 0.29) is 81.1 Å². The molecule has 12 aromatic rings. The molecule has 50 heteroatoms. The molecule has 0 atom stereocenters. The number of hydrogen-bond donors (Lipinski definition) is 5. The number of alkyl halides is 12. The second kappa shape index (κ2) is 40.6. The maximum absolute atomic E-state index is 13.2. The number of halogens is 21. The number of rotatable bonds is 22. The van der Waals surface area contributed by atoms with Crippen molar-refractivity contribution in [2.75, 3.05) is 25.1 Å². The van der Waals surface area contributed by atoms with Gasteiger partial charge >= 0.3 is 30.7 Å². The Morgan fingerprint density at radius 1 is 0.338 bits per heavy atom. The van der Waals surface area contributed by atoms with Gasteiger partial charge < -0.3 is 5.11 Å². The largest absolute Gasteiger partial charge is 0.478 e. The van der Waals surface area contributed by atoms with Crippen molar-refractivity contribution in [1.29, 1.82) is 0 Å². The molecular weight excluding hydrogens is 2080 g/mol. The number of nitrogens with one attached hydrogen (secondary N) is 4. The second-order valence-electron chi connectivity index (χ2n) is 26.4. The van der Waals surface area contributed by atoms with Crippen LogP contribution in [0.1, 0.15) is 108 Å². The molecule has 0 aliphatic rings. The third kappa shape index (κ3) is 25.8. The molecule has 24 nitrogen and oxygen atoms in total. The van der Waals surface area contributed by atoms with E-state index in [2.05, 4.69) is 45.3 Å². The smallest absolute Gasteiger partial charge is 0.417 e. The number of benzene rings is 8. The van der Waals surface area contributed by atoms with Crippen LogP contribution < -0.4 is 18.9 Å². The molecule has 0 saturated carbocycles. The van der Waals surface area contributed by atoms with E-state index < -0.39 is 188 Å². The number of hydrogen-bond acceptors (Lipinski definition) is 19. The van der Waals surface area contributed by atoms with Gasteiger partial charge in [-0.1, -0.05) is 169 Å². The van der Waals surface area contributed by atoms with Gasteiger partial charge in [-0.25, -0.2) is 66.8 Å². The number of pyridine rings is 4. The van der Waals surface area contributed by atoms with Crippen molar-refractivity contribution in [2.24, 2.45) is 0 Å². The van der Waals surface area contributed by atoms with Crippen molar-refractivity contribution >= 4 is 211 Å². The molecule has 0 spiro atoms. The van der Waals surface area contributed by atoms with E-state index in [0.29, 0.717) is 28.7 Å². The maximum Gasteiger partial charge on any atom is 0.417 e. The van der Waals surface area contributed by atoms with Gasteiger partial charge in [-0.3, -0.25) is 38.1 Å². The molecule has 0 amide bonds. The van der Waals surface area contributed by atoms with Gasteiger partial charge in [0.15, 0.2) is 9.84 Å². The summed E-state index contributed by atoms with van der Waals surface area (Å²) < 4.78 is 292. The molecule has 0 fully saturated rings. The molecule has 0 unspecified atom stereocenters. The Morgan fingerprint density at radius 2 is 0.631 bits per heavy atom. The van der Waals surface area contributed by atoms with Crippen molar-refractivity contribution in [1.82, 2.24) is 19.9 Å². The maximum atomic E-state index is 13.2. The number of aromatic nitrogens is 4. The van der Waals surface area contributed by atoms with E-state index in [1.807, 2.05) is 9.44 Å². The fraction of sp³-hybridized carbons (Fsp3) is 0.0875. The zero-order valence-corrected chi connectivity index (χ0v) is 76.3. The summed E-state index contributed by atoms with van der Waals surface area (Å²) in [5.74, 6) is -4.41. The summed E-state index contributed by atoms with van der Waals surface area (Å²) in [6.45, 7) is 3.25. The van der Waals surface area contributed by atoms with E-state index in [0.717, 1.165) is 115 Å². The first-order chi connectivity index (χ1) is 60.1. The van der Waals surface area contributed by atoms with Crippen LogP contribution >= 0.6 is 109 Å². The van der Waals surface area contributed by atoms with Crippen LogP contribution in [0.2, 0.25) is 40.2 Å². The zero-order valence-electron chi connectivity index (χ0n) is 64.5. The lowest BCUT2D eigenvalue weighted by molar-refractivity contribution is -0.138. The third-order valence-corrected chi connectivity index (χ3v) is 26.5. The minimum Gasteiger partial charge on any atom is -0.478 e. The average Bonchev–Trinajstić information content (AvgIpc) is 0.788. The highest BCUT2D eigenvalue weighted by Gasteiger charge is 2.40. The average molecular weight is 2130 g/mol. The first-order valence-electron chi connectivity index (χ1n) is 34.9. The van der Waals surface area contributed by atoms with E-state index in [4.69, 9.17) is 92.8 Å². The molecule has 8 aromatic carbocycles. The first kappa shape index (κ1) is 103. The molecule has 0 aliphatic heterocycles. The van der Waals surface area contributed by atoms with Crippen molar-refractivity contribution in [3.8, 4) is 0 Å². The highest BCUT2D eigenvalue weighted by atomic mass is 79.9. The van der Waals surface area contributed by atoms with Crippen molar-refractivity contribution in [3.05, 3.63) is 341 Å². The predicted octanol–water partition coefficient (Wildman–Crippen LogP) is 22.2. The summed E-state index contributed by atoms with van der Waals surface area (Å²) in [6.07, 6.45) is -14.2. The summed E-state index contributed by atoms with van der Waals surface area (Å²) >= 11 is 49.0. The molecule has 0 saturated heterocycles. The van der Waals surface area contributed by atoms with E-state index in [9.17, 15) is 124 Å². The number of ketones is 4. The number of nitrogens with zero attached hydrogens (tertiary/aromatic N) is 4. The van der Waals surface area contributed by atoms with Crippen LogP contribution in [0.3, 0.4) is 0 Å². The molecule has 0 radical (unpaired) electrons. The molecule has 682 valence electrons. The van der Waals surface area contributed by atoms with Crippen molar-refractivity contribution in [2.45, 2.75) is 63.0 Å². The minimum atomic E-state index is -4.92. The normalized spacial score (nSPS) is 12.0. The fourth-order valence-electron chi connectivity index (χ4n) is 11.1. The van der Waals surface area contributed by atoms with Crippen molar-refractivity contribution < 1.29 is 124 Å². The number of aromatic carboxylic acids is 1. The van der Waals surface area contributed by atoms with Gasteiger partial charge in [0.05, 0.1) is 115 Å². The van der Waals surface area contributed by atoms with Gasteiger partial charge in [-0.2, -0.15) is 52.7 Å². The highest BCUT2D eigenvalue weighted by molar-refractivity contribution is 9.10. The molecule has 0 bridgehead atoms. The predicted molar refractivity (Wildman–Crippen MR) is 463 cm³/mol. The number of anilines is 4. The Labute approximate surface area is 777 Å². The van der Waals surface area contributed by atoms with Crippen LogP contribution in [-0.4, -0.2) is 102 Å². The van der Waals surface area contributed by atoms with Crippen LogP contribution in [0.25, 0.3) is 0 Å². The molecule has 4 heterocycles.